The highest BCUT2D eigenvalue weighted by Gasteiger charge is 2.31. The third-order valence-corrected chi connectivity index (χ3v) is 5.76. The highest BCUT2D eigenvalue weighted by molar-refractivity contribution is 5.79. The van der Waals surface area contributed by atoms with Crippen LogP contribution >= 0.6 is 0 Å². The molecular formula is C23H38N4O3. The van der Waals surface area contributed by atoms with Crippen LogP contribution in [0, 0.1) is 12.8 Å². The summed E-state index contributed by atoms with van der Waals surface area (Å²) in [6.07, 6.45) is 1.26. The van der Waals surface area contributed by atoms with E-state index in [9.17, 15) is 0 Å². The third-order valence-electron chi connectivity index (χ3n) is 5.76. The number of rotatable bonds is 8. The van der Waals surface area contributed by atoms with Crippen molar-refractivity contribution < 1.29 is 14.2 Å². The first kappa shape index (κ1) is 22.8. The maximum absolute atomic E-state index is 6.00. The Morgan fingerprint density at radius 2 is 2.00 bits per heavy atom. The topological polar surface area (TPSA) is 67.4 Å². The fourth-order valence-electron chi connectivity index (χ4n) is 4.13. The summed E-state index contributed by atoms with van der Waals surface area (Å²) in [7, 11) is 1.82. The Kier molecular flexibility index (Phi) is 8.78. The number of aryl methyl sites for hydroxylation is 1. The Morgan fingerprint density at radius 3 is 2.67 bits per heavy atom. The molecule has 0 saturated carbocycles. The standard InChI is InChI=1S/C23H38N4O3/c1-17(2)30-22-13-18(3)5-6-19(22)14-25-23(24-4)26-15-21(20-7-10-29-16-20)27-8-11-28-12-9-27/h5-6,13,17,20-21H,7-12,14-16H2,1-4H3,(H2,24,25,26). The summed E-state index contributed by atoms with van der Waals surface area (Å²) in [4.78, 5) is 6.97. The molecule has 2 N–H and O–H groups in total. The summed E-state index contributed by atoms with van der Waals surface area (Å²) >= 11 is 0. The van der Waals surface area contributed by atoms with Gasteiger partial charge in [-0.05, 0) is 38.8 Å². The summed E-state index contributed by atoms with van der Waals surface area (Å²) in [5.41, 5.74) is 2.33. The highest BCUT2D eigenvalue weighted by Crippen LogP contribution is 2.23. The maximum Gasteiger partial charge on any atom is 0.191 e. The molecule has 7 heteroatoms. The van der Waals surface area contributed by atoms with Crippen molar-refractivity contribution in [2.24, 2.45) is 10.9 Å². The first-order valence-corrected chi connectivity index (χ1v) is 11.2. The largest absolute Gasteiger partial charge is 0.491 e. The van der Waals surface area contributed by atoms with Crippen molar-refractivity contribution in [3.05, 3.63) is 29.3 Å². The van der Waals surface area contributed by atoms with Crippen LogP contribution in [0.5, 0.6) is 5.75 Å². The predicted octanol–water partition coefficient (Wildman–Crippen LogP) is 2.18. The summed E-state index contributed by atoms with van der Waals surface area (Å²) in [6, 6.07) is 6.77. The maximum atomic E-state index is 6.00. The van der Waals surface area contributed by atoms with Crippen molar-refractivity contribution in [3.8, 4) is 5.75 Å². The number of ether oxygens (including phenoxy) is 3. The first-order chi connectivity index (χ1) is 14.6. The van der Waals surface area contributed by atoms with Crippen molar-refractivity contribution in [2.75, 3.05) is 53.1 Å². The van der Waals surface area contributed by atoms with E-state index in [0.717, 1.165) is 69.8 Å². The molecule has 2 fully saturated rings. The summed E-state index contributed by atoms with van der Waals surface area (Å²) < 4.78 is 17.2. The Morgan fingerprint density at radius 1 is 1.20 bits per heavy atom. The summed E-state index contributed by atoms with van der Waals surface area (Å²) in [5, 5.41) is 7.00. The molecular weight excluding hydrogens is 380 g/mol. The number of nitrogens with one attached hydrogen (secondary N) is 2. The number of hydrogen-bond acceptors (Lipinski definition) is 5. The Labute approximate surface area is 181 Å². The average molecular weight is 419 g/mol. The van der Waals surface area contributed by atoms with E-state index < -0.39 is 0 Å². The lowest BCUT2D eigenvalue weighted by Gasteiger charge is -2.37. The minimum absolute atomic E-state index is 0.144. The average Bonchev–Trinajstić information content (AvgIpc) is 3.26. The molecule has 0 bridgehead atoms. The molecule has 1 aromatic carbocycles. The van der Waals surface area contributed by atoms with Gasteiger partial charge in [-0.1, -0.05) is 12.1 Å². The van der Waals surface area contributed by atoms with Gasteiger partial charge in [0.15, 0.2) is 5.96 Å². The van der Waals surface area contributed by atoms with Crippen LogP contribution in [0.25, 0.3) is 0 Å². The smallest absolute Gasteiger partial charge is 0.191 e. The minimum Gasteiger partial charge on any atom is -0.491 e. The van der Waals surface area contributed by atoms with Crippen LogP contribution in [-0.2, 0) is 16.0 Å². The number of guanidine groups is 1. The van der Waals surface area contributed by atoms with Gasteiger partial charge in [0.25, 0.3) is 0 Å². The molecule has 2 saturated heterocycles. The number of aliphatic imine (C=N–C) groups is 1. The van der Waals surface area contributed by atoms with Crippen molar-refractivity contribution in [1.82, 2.24) is 15.5 Å². The number of benzene rings is 1. The van der Waals surface area contributed by atoms with Crippen molar-refractivity contribution in [2.45, 2.75) is 45.9 Å². The zero-order chi connectivity index (χ0) is 21.3. The molecule has 168 valence electrons. The molecule has 30 heavy (non-hydrogen) atoms. The van der Waals surface area contributed by atoms with E-state index in [2.05, 4.69) is 59.5 Å². The van der Waals surface area contributed by atoms with Gasteiger partial charge in [0, 0.05) is 57.4 Å². The zero-order valence-corrected chi connectivity index (χ0v) is 18.9. The fourth-order valence-corrected chi connectivity index (χ4v) is 4.13. The predicted molar refractivity (Wildman–Crippen MR) is 120 cm³/mol. The molecule has 0 aliphatic carbocycles. The molecule has 0 spiro atoms. The van der Waals surface area contributed by atoms with Gasteiger partial charge in [0.2, 0.25) is 0 Å². The third kappa shape index (κ3) is 6.59. The van der Waals surface area contributed by atoms with E-state index >= 15 is 0 Å². The SMILES string of the molecule is CN=C(NCc1ccc(C)cc1OC(C)C)NCC(C1CCOC1)N1CCOCC1. The van der Waals surface area contributed by atoms with Gasteiger partial charge >= 0.3 is 0 Å². The van der Waals surface area contributed by atoms with Crippen LogP contribution in [0.3, 0.4) is 0 Å². The number of nitrogens with zero attached hydrogens (tertiary/aromatic N) is 2. The van der Waals surface area contributed by atoms with E-state index in [1.807, 2.05) is 7.05 Å². The van der Waals surface area contributed by atoms with Gasteiger partial charge in [-0.3, -0.25) is 9.89 Å². The summed E-state index contributed by atoms with van der Waals surface area (Å²) in [6.45, 7) is 13.0. The molecule has 2 heterocycles. The van der Waals surface area contributed by atoms with Crippen LogP contribution in [-0.4, -0.2) is 76.1 Å². The second-order valence-corrected chi connectivity index (χ2v) is 8.42. The lowest BCUT2D eigenvalue weighted by atomic mass is 9.97. The van der Waals surface area contributed by atoms with E-state index in [0.29, 0.717) is 18.5 Å². The van der Waals surface area contributed by atoms with Crippen molar-refractivity contribution in [1.29, 1.82) is 0 Å². The van der Waals surface area contributed by atoms with Gasteiger partial charge in [-0.25, -0.2) is 0 Å². The lowest BCUT2D eigenvalue weighted by molar-refractivity contribution is 0.00246. The highest BCUT2D eigenvalue weighted by atomic mass is 16.5. The Hall–Kier alpha value is -1.83. The first-order valence-electron chi connectivity index (χ1n) is 11.2. The fraction of sp³-hybridized carbons (Fsp3) is 0.696. The van der Waals surface area contributed by atoms with Gasteiger partial charge in [-0.2, -0.15) is 0 Å². The molecule has 3 rings (SSSR count). The minimum atomic E-state index is 0.144. The second kappa shape index (κ2) is 11.5. The van der Waals surface area contributed by atoms with Crippen LogP contribution in [0.15, 0.2) is 23.2 Å². The van der Waals surface area contributed by atoms with Crippen LogP contribution < -0.4 is 15.4 Å². The number of morpholine rings is 1. The molecule has 2 unspecified atom stereocenters. The van der Waals surface area contributed by atoms with Crippen molar-refractivity contribution >= 4 is 5.96 Å². The van der Waals surface area contributed by atoms with E-state index in [4.69, 9.17) is 14.2 Å². The lowest BCUT2D eigenvalue weighted by Crippen LogP contribution is -2.53. The quantitative estimate of drug-likeness (QED) is 0.498. The van der Waals surface area contributed by atoms with Gasteiger partial charge in [-0.15, -0.1) is 0 Å². The van der Waals surface area contributed by atoms with Crippen LogP contribution in [0.4, 0.5) is 0 Å². The van der Waals surface area contributed by atoms with E-state index in [1.165, 1.54) is 5.56 Å². The number of hydrogen-bond donors (Lipinski definition) is 2. The molecule has 0 aromatic heterocycles. The molecule has 2 aliphatic rings. The Bertz CT molecular complexity index is 683. The monoisotopic (exact) mass is 418 g/mol. The normalized spacial score (nSPS) is 21.6. The van der Waals surface area contributed by atoms with Gasteiger partial charge in [0.1, 0.15) is 5.75 Å². The van der Waals surface area contributed by atoms with Gasteiger partial charge < -0.3 is 24.8 Å². The molecule has 0 amide bonds. The molecule has 1 aromatic rings. The van der Waals surface area contributed by atoms with Gasteiger partial charge in [0.05, 0.1) is 25.9 Å². The molecule has 2 atom stereocenters. The second-order valence-electron chi connectivity index (χ2n) is 8.42. The molecule has 7 nitrogen and oxygen atoms in total. The van der Waals surface area contributed by atoms with Crippen LogP contribution in [0.1, 0.15) is 31.4 Å². The molecule has 0 radical (unpaired) electrons. The Balaban J connectivity index is 1.58. The molecule has 2 aliphatic heterocycles. The van der Waals surface area contributed by atoms with Crippen molar-refractivity contribution in [3.63, 3.8) is 0 Å². The summed E-state index contributed by atoms with van der Waals surface area (Å²) in [5.74, 6) is 2.29. The zero-order valence-electron chi connectivity index (χ0n) is 18.9. The van der Waals surface area contributed by atoms with E-state index in [-0.39, 0.29) is 6.10 Å². The van der Waals surface area contributed by atoms with E-state index in [1.54, 1.807) is 0 Å². The van der Waals surface area contributed by atoms with Crippen LogP contribution in [0.2, 0.25) is 0 Å².